The van der Waals surface area contributed by atoms with Crippen LogP contribution in [0.25, 0.3) is 0 Å². The number of azo groups is 1. The number of nitrogens with zero attached hydrogens (tertiary/aromatic N) is 3. The van der Waals surface area contributed by atoms with E-state index >= 15 is 0 Å². The van der Waals surface area contributed by atoms with Crippen molar-refractivity contribution in [1.82, 2.24) is 4.90 Å². The van der Waals surface area contributed by atoms with Crippen molar-refractivity contribution in [2.24, 2.45) is 10.2 Å². The fraction of sp³-hybridized carbons (Fsp3) is 0.167. The molecule has 7 nitrogen and oxygen atoms in total. The molecule has 1 saturated heterocycles. The van der Waals surface area contributed by atoms with Gasteiger partial charge in [0.2, 0.25) is 17.7 Å². The summed E-state index contributed by atoms with van der Waals surface area (Å²) in [6.07, 6.45) is 0.348. The van der Waals surface area contributed by atoms with E-state index < -0.39 is 5.91 Å². The van der Waals surface area contributed by atoms with Crippen LogP contribution in [0.2, 0.25) is 0 Å². The zero-order chi connectivity index (χ0) is 17.6. The first kappa shape index (κ1) is 16.5. The molecule has 1 fully saturated rings. The van der Waals surface area contributed by atoms with Gasteiger partial charge in [-0.2, -0.15) is 10.2 Å². The van der Waals surface area contributed by atoms with Crippen LogP contribution in [0.15, 0.2) is 64.8 Å². The number of benzene rings is 2. The number of hydrogen-bond acceptors (Lipinski definition) is 5. The molecule has 2 aromatic carbocycles. The van der Waals surface area contributed by atoms with Gasteiger partial charge in [-0.25, -0.2) is 0 Å². The van der Waals surface area contributed by atoms with E-state index in [1.54, 1.807) is 24.3 Å². The Morgan fingerprint density at radius 1 is 0.880 bits per heavy atom. The predicted octanol–water partition coefficient (Wildman–Crippen LogP) is 3.19. The molecule has 3 amide bonds. The molecule has 1 aliphatic rings. The highest BCUT2D eigenvalue weighted by Gasteiger charge is 2.30. The van der Waals surface area contributed by atoms with Gasteiger partial charge in [0.05, 0.1) is 11.4 Å². The highest BCUT2D eigenvalue weighted by Crippen LogP contribution is 2.20. The first-order valence-electron chi connectivity index (χ1n) is 7.82. The molecule has 0 saturated carbocycles. The molecule has 0 spiro atoms. The summed E-state index contributed by atoms with van der Waals surface area (Å²) in [5, 5.41) is 10.9. The van der Waals surface area contributed by atoms with Crippen molar-refractivity contribution in [3.63, 3.8) is 0 Å². The number of carbonyl (C=O) groups excluding carboxylic acids is 3. The third-order valence-electron chi connectivity index (χ3n) is 3.64. The normalized spacial score (nSPS) is 14.3. The van der Waals surface area contributed by atoms with Crippen LogP contribution >= 0.6 is 0 Å². The van der Waals surface area contributed by atoms with Gasteiger partial charge in [0.15, 0.2) is 0 Å². The second-order valence-electron chi connectivity index (χ2n) is 5.50. The zero-order valence-corrected chi connectivity index (χ0v) is 13.4. The van der Waals surface area contributed by atoms with Crippen molar-refractivity contribution >= 4 is 34.8 Å². The van der Waals surface area contributed by atoms with Gasteiger partial charge in [0, 0.05) is 18.5 Å². The number of imide groups is 1. The molecular formula is C18H16N4O3. The summed E-state index contributed by atoms with van der Waals surface area (Å²) >= 11 is 0. The van der Waals surface area contributed by atoms with Crippen LogP contribution in [-0.4, -0.2) is 29.2 Å². The molecule has 126 valence electrons. The van der Waals surface area contributed by atoms with Crippen LogP contribution in [0.1, 0.15) is 12.8 Å². The summed E-state index contributed by atoms with van der Waals surface area (Å²) in [5.74, 6) is -1.03. The fourth-order valence-corrected chi connectivity index (χ4v) is 2.36. The summed E-state index contributed by atoms with van der Waals surface area (Å²) in [6, 6.07) is 16.2. The van der Waals surface area contributed by atoms with Gasteiger partial charge in [-0.15, -0.1) is 0 Å². The lowest BCUT2D eigenvalue weighted by molar-refractivity contribution is -0.141. The van der Waals surface area contributed by atoms with Gasteiger partial charge in [-0.3, -0.25) is 19.3 Å². The minimum Gasteiger partial charge on any atom is -0.325 e. The second kappa shape index (κ2) is 7.48. The molecule has 3 rings (SSSR count). The first-order chi connectivity index (χ1) is 12.1. The summed E-state index contributed by atoms with van der Waals surface area (Å²) in [7, 11) is 0. The lowest BCUT2D eigenvalue weighted by atomic mass is 10.3. The number of likely N-dealkylation sites (tertiary alicyclic amines) is 1. The topological polar surface area (TPSA) is 91.2 Å². The Labute approximate surface area is 144 Å². The number of anilines is 1. The van der Waals surface area contributed by atoms with Crippen LogP contribution in [0.3, 0.4) is 0 Å². The van der Waals surface area contributed by atoms with E-state index in [4.69, 9.17) is 0 Å². The maximum absolute atomic E-state index is 12.0. The lowest BCUT2D eigenvalue weighted by Gasteiger charge is -2.13. The SMILES string of the molecule is O=C(CN1C(=O)CCC1=O)Nc1ccc(N=Nc2ccccc2)cc1. The smallest absolute Gasteiger partial charge is 0.244 e. The highest BCUT2D eigenvalue weighted by atomic mass is 16.2. The summed E-state index contributed by atoms with van der Waals surface area (Å²) in [4.78, 5) is 36.0. The van der Waals surface area contributed by atoms with Gasteiger partial charge < -0.3 is 5.32 Å². The average molecular weight is 336 g/mol. The quantitative estimate of drug-likeness (QED) is 0.671. The van der Waals surface area contributed by atoms with Crippen LogP contribution in [-0.2, 0) is 14.4 Å². The largest absolute Gasteiger partial charge is 0.325 e. The maximum Gasteiger partial charge on any atom is 0.244 e. The van der Waals surface area contributed by atoms with Gasteiger partial charge >= 0.3 is 0 Å². The Balaban J connectivity index is 1.57. The molecule has 25 heavy (non-hydrogen) atoms. The molecule has 0 aliphatic carbocycles. The third kappa shape index (κ3) is 4.35. The third-order valence-corrected chi connectivity index (χ3v) is 3.64. The van der Waals surface area contributed by atoms with Crippen molar-refractivity contribution < 1.29 is 14.4 Å². The van der Waals surface area contributed by atoms with Crippen molar-refractivity contribution in [3.05, 3.63) is 54.6 Å². The maximum atomic E-state index is 12.0. The van der Waals surface area contributed by atoms with Gasteiger partial charge in [-0.1, -0.05) is 18.2 Å². The summed E-state index contributed by atoms with van der Waals surface area (Å²) in [5.41, 5.74) is 1.95. The number of rotatable bonds is 5. The van der Waals surface area contributed by atoms with Gasteiger partial charge in [-0.05, 0) is 36.4 Å². The van der Waals surface area contributed by atoms with E-state index in [-0.39, 0.29) is 31.2 Å². The highest BCUT2D eigenvalue weighted by molar-refractivity contribution is 6.06. The molecule has 7 heteroatoms. The number of nitrogens with one attached hydrogen (secondary N) is 1. The average Bonchev–Trinajstić information content (AvgIpc) is 2.94. The molecule has 0 radical (unpaired) electrons. The standard InChI is InChI=1S/C18H16N4O3/c23-16(12-22-17(24)10-11-18(22)25)19-13-6-8-15(9-7-13)21-20-14-4-2-1-3-5-14/h1-9H,10-12H2,(H,19,23). The zero-order valence-electron chi connectivity index (χ0n) is 13.4. The minimum absolute atomic E-state index is 0.174. The fourth-order valence-electron chi connectivity index (χ4n) is 2.36. The van der Waals surface area contributed by atoms with Gasteiger partial charge in [0.25, 0.3) is 0 Å². The van der Waals surface area contributed by atoms with E-state index in [2.05, 4.69) is 15.5 Å². The minimum atomic E-state index is -0.415. The van der Waals surface area contributed by atoms with E-state index in [1.807, 2.05) is 30.3 Å². The van der Waals surface area contributed by atoms with Crippen LogP contribution < -0.4 is 5.32 Å². The van der Waals surface area contributed by atoms with E-state index in [0.29, 0.717) is 11.4 Å². The van der Waals surface area contributed by atoms with Crippen molar-refractivity contribution in [2.75, 3.05) is 11.9 Å². The molecule has 0 atom stereocenters. The summed E-state index contributed by atoms with van der Waals surface area (Å²) < 4.78 is 0. The van der Waals surface area contributed by atoms with Crippen molar-refractivity contribution in [1.29, 1.82) is 0 Å². The Bertz CT molecular complexity index is 800. The van der Waals surface area contributed by atoms with E-state index in [9.17, 15) is 14.4 Å². The molecule has 0 unspecified atom stereocenters. The van der Waals surface area contributed by atoms with E-state index in [0.717, 1.165) is 10.6 Å². The predicted molar refractivity (Wildman–Crippen MR) is 91.6 cm³/mol. The molecular weight excluding hydrogens is 320 g/mol. The second-order valence-corrected chi connectivity index (χ2v) is 5.50. The molecule has 2 aromatic rings. The molecule has 1 N–H and O–H groups in total. The number of amides is 3. The lowest BCUT2D eigenvalue weighted by Crippen LogP contribution is -2.36. The molecule has 0 aromatic heterocycles. The van der Waals surface area contributed by atoms with Gasteiger partial charge in [0.1, 0.15) is 6.54 Å². The first-order valence-corrected chi connectivity index (χ1v) is 7.82. The molecule has 0 bridgehead atoms. The molecule has 1 heterocycles. The summed E-state index contributed by atoms with van der Waals surface area (Å²) in [6.45, 7) is -0.257. The monoisotopic (exact) mass is 336 g/mol. The molecule has 1 aliphatic heterocycles. The van der Waals surface area contributed by atoms with E-state index in [1.165, 1.54) is 0 Å². The number of carbonyl (C=O) groups is 3. The van der Waals surface area contributed by atoms with Crippen LogP contribution in [0.5, 0.6) is 0 Å². The number of hydrogen-bond donors (Lipinski definition) is 1. The van der Waals surface area contributed by atoms with Crippen molar-refractivity contribution in [2.45, 2.75) is 12.8 Å². The van der Waals surface area contributed by atoms with Crippen molar-refractivity contribution in [3.8, 4) is 0 Å². The Morgan fingerprint density at radius 2 is 1.44 bits per heavy atom. The van der Waals surface area contributed by atoms with Crippen LogP contribution in [0.4, 0.5) is 17.1 Å². The Morgan fingerprint density at radius 3 is 2.04 bits per heavy atom. The Hall–Kier alpha value is -3.35. The Kier molecular flexibility index (Phi) is 4.94. The van der Waals surface area contributed by atoms with Crippen LogP contribution in [0, 0.1) is 0 Å².